The summed E-state index contributed by atoms with van der Waals surface area (Å²) >= 11 is 1.29. The fraction of sp³-hybridized carbons (Fsp3) is 0.500. The number of hydrogen-bond donors (Lipinski definition) is 1. The highest BCUT2D eigenvalue weighted by Gasteiger charge is 2.27. The SMILES string of the molecule is O=C(CN1CCSC1=O)N[C@H]1CCN(Cc2ccccc2)C1. The molecule has 2 aliphatic heterocycles. The maximum Gasteiger partial charge on any atom is 0.282 e. The zero-order valence-corrected chi connectivity index (χ0v) is 13.3. The van der Waals surface area contributed by atoms with E-state index in [1.807, 2.05) is 6.07 Å². The monoisotopic (exact) mass is 319 g/mol. The van der Waals surface area contributed by atoms with Crippen LogP contribution in [0.25, 0.3) is 0 Å². The van der Waals surface area contributed by atoms with Crippen molar-refractivity contribution in [3.05, 3.63) is 35.9 Å². The summed E-state index contributed by atoms with van der Waals surface area (Å²) in [7, 11) is 0. The first kappa shape index (κ1) is 15.4. The lowest BCUT2D eigenvalue weighted by molar-refractivity contribution is -0.122. The van der Waals surface area contributed by atoms with Gasteiger partial charge in [0.05, 0.1) is 0 Å². The highest BCUT2D eigenvalue weighted by Crippen LogP contribution is 2.17. The maximum absolute atomic E-state index is 12.0. The van der Waals surface area contributed by atoms with Crippen molar-refractivity contribution < 1.29 is 9.59 Å². The van der Waals surface area contributed by atoms with Gasteiger partial charge in [0, 0.05) is 38.0 Å². The Kier molecular flexibility index (Phi) is 5.00. The molecule has 0 aliphatic carbocycles. The Bertz CT molecular complexity index is 537. The molecule has 0 bridgehead atoms. The molecule has 118 valence electrons. The van der Waals surface area contributed by atoms with Gasteiger partial charge >= 0.3 is 0 Å². The summed E-state index contributed by atoms with van der Waals surface area (Å²) in [6.45, 7) is 3.68. The number of thioether (sulfide) groups is 1. The molecule has 2 amide bonds. The maximum atomic E-state index is 12.0. The summed E-state index contributed by atoms with van der Waals surface area (Å²) in [5.74, 6) is 0.753. The van der Waals surface area contributed by atoms with Crippen LogP contribution in [0.3, 0.4) is 0 Å². The molecule has 0 radical (unpaired) electrons. The van der Waals surface area contributed by atoms with Crippen LogP contribution in [0.2, 0.25) is 0 Å². The van der Waals surface area contributed by atoms with E-state index in [-0.39, 0.29) is 23.7 Å². The number of nitrogens with one attached hydrogen (secondary N) is 1. The Labute approximate surface area is 135 Å². The number of hydrogen-bond acceptors (Lipinski definition) is 4. The van der Waals surface area contributed by atoms with Crippen LogP contribution >= 0.6 is 11.8 Å². The summed E-state index contributed by atoms with van der Waals surface area (Å²) in [5.41, 5.74) is 1.30. The van der Waals surface area contributed by atoms with Gasteiger partial charge in [0.1, 0.15) is 6.54 Å². The quantitative estimate of drug-likeness (QED) is 0.894. The molecule has 0 unspecified atom stereocenters. The van der Waals surface area contributed by atoms with Crippen molar-refractivity contribution >= 4 is 22.9 Å². The van der Waals surface area contributed by atoms with Gasteiger partial charge in [0.2, 0.25) is 5.91 Å². The van der Waals surface area contributed by atoms with E-state index >= 15 is 0 Å². The Morgan fingerprint density at radius 3 is 2.82 bits per heavy atom. The smallest absolute Gasteiger partial charge is 0.282 e. The summed E-state index contributed by atoms with van der Waals surface area (Å²) in [5, 5.41) is 3.08. The van der Waals surface area contributed by atoms with Gasteiger partial charge in [-0.25, -0.2) is 0 Å². The van der Waals surface area contributed by atoms with Gasteiger partial charge in [-0.15, -0.1) is 0 Å². The molecule has 1 aromatic carbocycles. The van der Waals surface area contributed by atoms with Crippen molar-refractivity contribution in [2.24, 2.45) is 0 Å². The predicted octanol–water partition coefficient (Wildman–Crippen LogP) is 1.55. The molecule has 2 heterocycles. The Balaban J connectivity index is 1.42. The van der Waals surface area contributed by atoms with Gasteiger partial charge in [-0.3, -0.25) is 14.5 Å². The van der Waals surface area contributed by atoms with E-state index < -0.39 is 0 Å². The highest BCUT2D eigenvalue weighted by molar-refractivity contribution is 8.13. The molecule has 5 nitrogen and oxygen atoms in total. The molecule has 0 spiro atoms. The fourth-order valence-electron chi connectivity index (χ4n) is 2.95. The fourth-order valence-corrected chi connectivity index (χ4v) is 3.78. The van der Waals surface area contributed by atoms with Gasteiger partial charge in [-0.05, 0) is 12.0 Å². The van der Waals surface area contributed by atoms with Crippen molar-refractivity contribution in [1.29, 1.82) is 0 Å². The predicted molar refractivity (Wildman–Crippen MR) is 87.7 cm³/mol. The minimum atomic E-state index is -0.0394. The molecule has 2 aliphatic rings. The van der Waals surface area contributed by atoms with Crippen LogP contribution in [0, 0.1) is 0 Å². The highest BCUT2D eigenvalue weighted by atomic mass is 32.2. The van der Waals surface area contributed by atoms with Gasteiger partial charge in [0.25, 0.3) is 5.24 Å². The van der Waals surface area contributed by atoms with Crippen LogP contribution in [0.4, 0.5) is 4.79 Å². The summed E-state index contributed by atoms with van der Waals surface area (Å²) in [6, 6.07) is 10.6. The Hall–Kier alpha value is -1.53. The second kappa shape index (κ2) is 7.15. The molecule has 22 heavy (non-hydrogen) atoms. The first-order valence-corrected chi connectivity index (χ1v) is 8.66. The average Bonchev–Trinajstić information content (AvgIpc) is 3.10. The van der Waals surface area contributed by atoms with Gasteiger partial charge in [-0.2, -0.15) is 0 Å². The van der Waals surface area contributed by atoms with Gasteiger partial charge < -0.3 is 10.2 Å². The van der Waals surface area contributed by atoms with Crippen LogP contribution in [0.5, 0.6) is 0 Å². The summed E-state index contributed by atoms with van der Waals surface area (Å²) in [6.07, 6.45) is 0.973. The van der Waals surface area contributed by atoms with Crippen molar-refractivity contribution in [2.75, 3.05) is 31.9 Å². The van der Waals surface area contributed by atoms with Gasteiger partial charge in [-0.1, -0.05) is 42.1 Å². The summed E-state index contributed by atoms with van der Waals surface area (Å²) < 4.78 is 0. The number of rotatable bonds is 5. The minimum Gasteiger partial charge on any atom is -0.350 e. The molecule has 1 atom stereocenters. The molecule has 2 fully saturated rings. The van der Waals surface area contributed by atoms with Crippen LogP contribution in [-0.2, 0) is 11.3 Å². The van der Waals surface area contributed by atoms with Crippen LogP contribution in [-0.4, -0.2) is 58.9 Å². The van der Waals surface area contributed by atoms with E-state index in [2.05, 4.69) is 34.5 Å². The lowest BCUT2D eigenvalue weighted by atomic mass is 10.2. The number of likely N-dealkylation sites (tertiary alicyclic amines) is 1. The first-order valence-electron chi connectivity index (χ1n) is 7.68. The molecule has 3 rings (SSSR count). The molecular formula is C16H21N3O2S. The zero-order valence-electron chi connectivity index (χ0n) is 12.5. The average molecular weight is 319 g/mol. The molecule has 0 aromatic heterocycles. The van der Waals surface area contributed by atoms with Crippen LogP contribution in [0.15, 0.2) is 30.3 Å². The molecule has 0 saturated carbocycles. The van der Waals surface area contributed by atoms with E-state index in [9.17, 15) is 9.59 Å². The number of nitrogens with zero attached hydrogens (tertiary/aromatic N) is 2. The molecule has 6 heteroatoms. The number of amides is 2. The number of carbonyl (C=O) groups is 2. The molecule has 2 saturated heterocycles. The normalized spacial score (nSPS) is 22.3. The number of carbonyl (C=O) groups excluding carboxylic acids is 2. The zero-order chi connectivity index (χ0) is 15.4. The van der Waals surface area contributed by atoms with Crippen molar-refractivity contribution in [2.45, 2.75) is 19.0 Å². The third kappa shape index (κ3) is 4.01. The molecule has 1 aromatic rings. The third-order valence-corrected chi connectivity index (χ3v) is 4.96. The van der Waals surface area contributed by atoms with Crippen LogP contribution in [0.1, 0.15) is 12.0 Å². The van der Waals surface area contributed by atoms with E-state index in [0.29, 0.717) is 6.54 Å². The lowest BCUT2D eigenvalue weighted by Gasteiger charge is -2.18. The largest absolute Gasteiger partial charge is 0.350 e. The van der Waals surface area contributed by atoms with Crippen molar-refractivity contribution in [3.63, 3.8) is 0 Å². The Morgan fingerprint density at radius 2 is 2.09 bits per heavy atom. The van der Waals surface area contributed by atoms with E-state index in [1.54, 1.807) is 4.90 Å². The molecule has 1 N–H and O–H groups in total. The van der Waals surface area contributed by atoms with Gasteiger partial charge in [0.15, 0.2) is 0 Å². The standard InChI is InChI=1S/C16H21N3O2S/c20-15(12-19-8-9-22-16(19)21)17-14-6-7-18(11-14)10-13-4-2-1-3-5-13/h1-5,14H,6-12H2,(H,17,20)/t14-/m0/s1. The Morgan fingerprint density at radius 1 is 1.27 bits per heavy atom. The van der Waals surface area contributed by atoms with E-state index in [1.165, 1.54) is 17.3 Å². The molecular weight excluding hydrogens is 298 g/mol. The minimum absolute atomic E-state index is 0.0206. The topological polar surface area (TPSA) is 52.7 Å². The van der Waals surface area contributed by atoms with E-state index in [0.717, 1.165) is 31.8 Å². The van der Waals surface area contributed by atoms with Crippen LogP contribution < -0.4 is 5.32 Å². The second-order valence-electron chi connectivity index (χ2n) is 5.81. The van der Waals surface area contributed by atoms with Crippen molar-refractivity contribution in [1.82, 2.24) is 15.1 Å². The second-order valence-corrected chi connectivity index (χ2v) is 6.86. The summed E-state index contributed by atoms with van der Waals surface area (Å²) in [4.78, 5) is 27.5. The first-order chi connectivity index (χ1) is 10.7. The number of benzene rings is 1. The van der Waals surface area contributed by atoms with E-state index in [4.69, 9.17) is 0 Å². The van der Waals surface area contributed by atoms with Crippen molar-refractivity contribution in [3.8, 4) is 0 Å². The lowest BCUT2D eigenvalue weighted by Crippen LogP contribution is -2.43. The third-order valence-electron chi connectivity index (χ3n) is 4.07.